The maximum Gasteiger partial charge on any atom is 0.416 e. The fraction of sp³-hybridized carbons (Fsp3) is 0.267. The number of hydrogen-bond donors (Lipinski definition) is 3. The number of carbonyl (C=O) groups is 2. The molecule has 1 aliphatic rings. The molecular formula is C30H31ClF3N9O2. The van der Waals surface area contributed by atoms with Gasteiger partial charge in [-0.15, -0.1) is 12.4 Å². The molecule has 236 valence electrons. The van der Waals surface area contributed by atoms with Gasteiger partial charge in [-0.2, -0.15) is 13.2 Å². The summed E-state index contributed by atoms with van der Waals surface area (Å²) in [6.07, 6.45) is 1.57. The van der Waals surface area contributed by atoms with Crippen molar-refractivity contribution in [1.82, 2.24) is 29.7 Å². The van der Waals surface area contributed by atoms with Crippen molar-refractivity contribution in [2.45, 2.75) is 25.7 Å². The van der Waals surface area contributed by atoms with Gasteiger partial charge < -0.3 is 16.4 Å². The number of alkyl halides is 3. The summed E-state index contributed by atoms with van der Waals surface area (Å²) in [7, 11) is 1.75. The molecule has 2 aromatic heterocycles. The fourth-order valence-electron chi connectivity index (χ4n) is 4.91. The number of rotatable bonds is 8. The van der Waals surface area contributed by atoms with E-state index in [4.69, 9.17) is 5.73 Å². The van der Waals surface area contributed by atoms with Crippen LogP contribution in [0.25, 0.3) is 11.3 Å². The molecule has 0 spiro atoms. The Balaban J connectivity index is 0.00000461. The van der Waals surface area contributed by atoms with Gasteiger partial charge in [-0.25, -0.2) is 19.9 Å². The predicted molar refractivity (Wildman–Crippen MR) is 165 cm³/mol. The first-order valence-corrected chi connectivity index (χ1v) is 13.7. The number of nitrogens with two attached hydrogens (primary N) is 1. The van der Waals surface area contributed by atoms with Crippen molar-refractivity contribution >= 4 is 41.5 Å². The Morgan fingerprint density at radius 2 is 1.82 bits per heavy atom. The van der Waals surface area contributed by atoms with Crippen molar-refractivity contribution < 1.29 is 22.8 Å². The van der Waals surface area contributed by atoms with E-state index in [2.05, 4.69) is 30.6 Å². The molecule has 11 nitrogen and oxygen atoms in total. The van der Waals surface area contributed by atoms with Gasteiger partial charge in [0.15, 0.2) is 0 Å². The summed E-state index contributed by atoms with van der Waals surface area (Å²) in [4.78, 5) is 45.2. The van der Waals surface area contributed by atoms with Gasteiger partial charge in [0.25, 0.3) is 5.91 Å². The van der Waals surface area contributed by atoms with Crippen LogP contribution in [-0.2, 0) is 17.5 Å². The summed E-state index contributed by atoms with van der Waals surface area (Å²) in [5, 5.41) is 5.80. The Morgan fingerprint density at radius 3 is 2.53 bits per heavy atom. The second-order valence-electron chi connectivity index (χ2n) is 10.5. The zero-order valence-corrected chi connectivity index (χ0v) is 25.2. The number of carbonyl (C=O) groups excluding carboxylic acids is 2. The fourth-order valence-corrected chi connectivity index (χ4v) is 4.91. The van der Waals surface area contributed by atoms with E-state index in [1.807, 2.05) is 6.92 Å². The maximum atomic E-state index is 14.1. The quantitative estimate of drug-likeness (QED) is 0.257. The number of amides is 2. The second-order valence-corrected chi connectivity index (χ2v) is 10.5. The molecule has 0 aliphatic carbocycles. The molecule has 45 heavy (non-hydrogen) atoms. The standard InChI is InChI=1S/C30H30F3N9O2.ClH/c1-18-3-6-22(12-25(18)40-29-37-8-7-24(39-29)21-13-35-17-36-14-21)38-28(44)19-4-5-20(23(11-19)30(31,32)33)15-42-10-9-41(2)26(16-42)27(34)43;/h3-8,11-14,17,26H,9-10,15-16H2,1-2H3,(H2,34,43)(H,38,44)(H,37,39,40);1H. The van der Waals surface area contributed by atoms with Crippen LogP contribution < -0.4 is 16.4 Å². The molecule has 1 saturated heterocycles. The number of likely N-dealkylation sites (N-methyl/N-ethyl adjacent to an activating group) is 1. The minimum Gasteiger partial charge on any atom is -0.368 e. The van der Waals surface area contributed by atoms with Crippen LogP contribution in [-0.4, -0.2) is 74.3 Å². The van der Waals surface area contributed by atoms with Gasteiger partial charge in [0.1, 0.15) is 12.4 Å². The summed E-state index contributed by atoms with van der Waals surface area (Å²) >= 11 is 0. The normalized spacial score (nSPS) is 15.6. The third-order valence-corrected chi connectivity index (χ3v) is 7.39. The van der Waals surface area contributed by atoms with Crippen molar-refractivity contribution in [3.8, 4) is 11.3 Å². The van der Waals surface area contributed by atoms with Gasteiger partial charge >= 0.3 is 6.18 Å². The Kier molecular flexibility index (Phi) is 10.3. The van der Waals surface area contributed by atoms with Gasteiger partial charge in [-0.3, -0.25) is 19.4 Å². The average molecular weight is 642 g/mol. The Morgan fingerprint density at radius 1 is 1.07 bits per heavy atom. The largest absolute Gasteiger partial charge is 0.416 e. The highest BCUT2D eigenvalue weighted by atomic mass is 35.5. The third kappa shape index (κ3) is 8.09. The number of halogens is 4. The van der Waals surface area contributed by atoms with Crippen LogP contribution in [0.15, 0.2) is 67.4 Å². The highest BCUT2D eigenvalue weighted by Crippen LogP contribution is 2.34. The van der Waals surface area contributed by atoms with Crippen LogP contribution >= 0.6 is 12.4 Å². The summed E-state index contributed by atoms with van der Waals surface area (Å²) in [6.45, 7) is 2.98. The van der Waals surface area contributed by atoms with Crippen molar-refractivity contribution in [3.05, 3.63) is 89.6 Å². The van der Waals surface area contributed by atoms with Crippen LogP contribution in [0.4, 0.5) is 30.5 Å². The molecule has 15 heteroatoms. The molecule has 0 radical (unpaired) electrons. The van der Waals surface area contributed by atoms with E-state index in [0.717, 1.165) is 11.6 Å². The maximum absolute atomic E-state index is 14.1. The van der Waals surface area contributed by atoms with Gasteiger partial charge in [0.2, 0.25) is 11.9 Å². The zero-order chi connectivity index (χ0) is 31.4. The molecule has 1 aliphatic heterocycles. The molecule has 0 bridgehead atoms. The number of nitrogens with one attached hydrogen (secondary N) is 2. The molecule has 4 aromatic rings. The van der Waals surface area contributed by atoms with Crippen molar-refractivity contribution in [1.29, 1.82) is 0 Å². The Labute approximate surface area is 263 Å². The topological polar surface area (TPSA) is 142 Å². The molecule has 2 aromatic carbocycles. The van der Waals surface area contributed by atoms with E-state index in [-0.39, 0.29) is 36.6 Å². The second kappa shape index (κ2) is 14.0. The average Bonchev–Trinajstić information content (AvgIpc) is 3.00. The minimum absolute atomic E-state index is 0. The van der Waals surface area contributed by atoms with Gasteiger partial charge in [-0.05, 0) is 55.4 Å². The number of nitrogens with zero attached hydrogens (tertiary/aromatic N) is 6. The van der Waals surface area contributed by atoms with Crippen molar-refractivity contribution in [2.75, 3.05) is 37.3 Å². The molecule has 1 unspecified atom stereocenters. The highest BCUT2D eigenvalue weighted by Gasteiger charge is 2.36. The zero-order valence-electron chi connectivity index (χ0n) is 24.4. The van der Waals surface area contributed by atoms with Crippen LogP contribution in [0.3, 0.4) is 0 Å². The van der Waals surface area contributed by atoms with Gasteiger partial charge in [0.05, 0.1) is 11.3 Å². The van der Waals surface area contributed by atoms with Crippen LogP contribution in [0, 0.1) is 6.92 Å². The SMILES string of the molecule is Cc1ccc(NC(=O)c2ccc(CN3CCN(C)C(C(N)=O)C3)c(C(F)(F)F)c2)cc1Nc1nccc(-c2cncnc2)n1.Cl. The van der Waals surface area contributed by atoms with Crippen molar-refractivity contribution in [2.24, 2.45) is 5.73 Å². The summed E-state index contributed by atoms with van der Waals surface area (Å²) in [6, 6.07) is 9.71. The number of hydrogen-bond acceptors (Lipinski definition) is 9. The lowest BCUT2D eigenvalue weighted by atomic mass is 10.0. The number of anilines is 3. The van der Waals surface area contributed by atoms with Crippen LogP contribution in [0.5, 0.6) is 0 Å². The summed E-state index contributed by atoms with van der Waals surface area (Å²) in [5.41, 5.74) is 7.51. The van der Waals surface area contributed by atoms with Gasteiger partial charge in [0, 0.05) is 67.3 Å². The molecule has 3 heterocycles. The number of benzene rings is 2. The molecule has 1 atom stereocenters. The number of piperazine rings is 1. The lowest BCUT2D eigenvalue weighted by Crippen LogP contribution is -2.56. The monoisotopic (exact) mass is 641 g/mol. The summed E-state index contributed by atoms with van der Waals surface area (Å²) in [5.74, 6) is -0.934. The number of primary amides is 1. The Bertz CT molecular complexity index is 1670. The lowest BCUT2D eigenvalue weighted by Gasteiger charge is -2.38. The first-order chi connectivity index (χ1) is 21.0. The van der Waals surface area contributed by atoms with E-state index in [1.54, 1.807) is 59.7 Å². The van der Waals surface area contributed by atoms with Crippen LogP contribution in [0.1, 0.15) is 27.0 Å². The lowest BCUT2D eigenvalue weighted by molar-refractivity contribution is -0.138. The molecular weight excluding hydrogens is 611 g/mol. The Hall–Kier alpha value is -4.66. The minimum atomic E-state index is -4.69. The molecule has 5 rings (SSSR count). The third-order valence-electron chi connectivity index (χ3n) is 7.39. The van der Waals surface area contributed by atoms with E-state index in [9.17, 15) is 22.8 Å². The van der Waals surface area contributed by atoms with Crippen molar-refractivity contribution in [3.63, 3.8) is 0 Å². The van der Waals surface area contributed by atoms with Gasteiger partial charge in [-0.1, -0.05) is 12.1 Å². The number of aromatic nitrogens is 4. The first kappa shape index (κ1) is 33.2. The molecule has 1 fully saturated rings. The smallest absolute Gasteiger partial charge is 0.368 e. The molecule has 2 amide bonds. The first-order valence-electron chi connectivity index (χ1n) is 13.7. The van der Waals surface area contributed by atoms with E-state index >= 15 is 0 Å². The van der Waals surface area contributed by atoms with E-state index in [1.165, 1.54) is 18.5 Å². The van der Waals surface area contributed by atoms with Crippen LogP contribution in [0.2, 0.25) is 0 Å². The highest BCUT2D eigenvalue weighted by molar-refractivity contribution is 6.04. The molecule has 0 saturated carbocycles. The number of aryl methyl sites for hydroxylation is 1. The molecule has 4 N–H and O–H groups in total. The van der Waals surface area contributed by atoms with E-state index < -0.39 is 29.6 Å². The predicted octanol–water partition coefficient (Wildman–Crippen LogP) is 4.28. The summed E-state index contributed by atoms with van der Waals surface area (Å²) < 4.78 is 42.4. The van der Waals surface area contributed by atoms with E-state index in [0.29, 0.717) is 41.7 Å².